The van der Waals surface area contributed by atoms with Crippen LogP contribution < -0.4 is 4.90 Å². The average molecular weight is 337 g/mol. The van der Waals surface area contributed by atoms with Crippen LogP contribution in [0.2, 0.25) is 0 Å². The number of benzene rings is 2. The largest absolute Gasteiger partial charge is 0.463 e. The first-order valence-electron chi connectivity index (χ1n) is 7.88. The minimum atomic E-state index is -0.958. The zero-order chi connectivity index (χ0) is 18.2. The first-order chi connectivity index (χ1) is 12.1. The van der Waals surface area contributed by atoms with Gasteiger partial charge in [0.1, 0.15) is 0 Å². The topological polar surface area (TPSA) is 83.0 Å². The Labute approximate surface area is 146 Å². The summed E-state index contributed by atoms with van der Waals surface area (Å²) in [5.41, 5.74) is 11.0. The molecule has 0 fully saturated rings. The summed E-state index contributed by atoms with van der Waals surface area (Å²) >= 11 is 0. The first kappa shape index (κ1) is 18.1. The number of anilines is 1. The van der Waals surface area contributed by atoms with Crippen LogP contribution in [0.25, 0.3) is 5.53 Å². The van der Waals surface area contributed by atoms with Crippen molar-refractivity contribution in [3.8, 4) is 0 Å². The summed E-state index contributed by atoms with van der Waals surface area (Å²) in [6, 6.07) is 16.6. The number of aryl methyl sites for hydroxylation is 1. The predicted octanol–water partition coefficient (Wildman–Crippen LogP) is 2.76. The van der Waals surface area contributed by atoms with Crippen LogP contribution in [0.1, 0.15) is 18.1 Å². The van der Waals surface area contributed by atoms with Gasteiger partial charge in [0.05, 0.1) is 13.2 Å². The number of amides is 1. The third-order valence-corrected chi connectivity index (χ3v) is 3.55. The number of hydrogen-bond donors (Lipinski definition) is 0. The number of carbonyl (C=O) groups is 2. The molecule has 0 radical (unpaired) electrons. The monoisotopic (exact) mass is 337 g/mol. The molecule has 0 aromatic heterocycles. The van der Waals surface area contributed by atoms with E-state index in [1.54, 1.807) is 19.1 Å². The molecule has 0 unspecified atom stereocenters. The Morgan fingerprint density at radius 1 is 1.08 bits per heavy atom. The Kier molecular flexibility index (Phi) is 6.20. The second-order valence-corrected chi connectivity index (χ2v) is 5.38. The summed E-state index contributed by atoms with van der Waals surface area (Å²) in [6.45, 7) is 3.85. The Bertz CT molecular complexity index is 794. The van der Waals surface area contributed by atoms with E-state index in [0.717, 1.165) is 11.1 Å². The van der Waals surface area contributed by atoms with Gasteiger partial charge >= 0.3 is 17.6 Å². The number of rotatable bonds is 6. The molecule has 2 aromatic carbocycles. The minimum Gasteiger partial charge on any atom is -0.457 e. The van der Waals surface area contributed by atoms with Crippen molar-refractivity contribution in [1.29, 1.82) is 0 Å². The van der Waals surface area contributed by atoms with E-state index in [4.69, 9.17) is 10.3 Å². The van der Waals surface area contributed by atoms with Crippen LogP contribution in [0.15, 0.2) is 54.6 Å². The summed E-state index contributed by atoms with van der Waals surface area (Å²) in [7, 11) is 0. The molecule has 0 aliphatic carbocycles. The smallest absolute Gasteiger partial charge is 0.457 e. The number of carbonyl (C=O) groups excluding carboxylic acids is 2. The SMILES string of the molecule is CCOC(=O)C(=[N+]=[N-])C(=O)N(Cc1ccccc1)c1ccc(C)cc1. The molecule has 128 valence electrons. The maximum Gasteiger partial charge on any atom is 0.463 e. The van der Waals surface area contributed by atoms with Crippen LogP contribution in [0, 0.1) is 6.92 Å². The second kappa shape index (κ2) is 8.57. The molecule has 0 atom stereocenters. The van der Waals surface area contributed by atoms with Gasteiger partial charge in [0.25, 0.3) is 0 Å². The Hall–Kier alpha value is -3.24. The lowest BCUT2D eigenvalue weighted by Gasteiger charge is -2.21. The number of hydrogen-bond acceptors (Lipinski definition) is 3. The third-order valence-electron chi connectivity index (χ3n) is 3.55. The zero-order valence-corrected chi connectivity index (χ0v) is 14.2. The van der Waals surface area contributed by atoms with Gasteiger partial charge in [-0.3, -0.25) is 9.69 Å². The van der Waals surface area contributed by atoms with Crippen molar-refractivity contribution in [1.82, 2.24) is 0 Å². The maximum absolute atomic E-state index is 12.8. The Balaban J connectivity index is 2.39. The molecule has 0 saturated carbocycles. The van der Waals surface area contributed by atoms with Gasteiger partial charge < -0.3 is 10.3 Å². The number of ether oxygens (including phenoxy) is 1. The van der Waals surface area contributed by atoms with Gasteiger partial charge in [-0.15, -0.1) is 0 Å². The van der Waals surface area contributed by atoms with E-state index < -0.39 is 17.6 Å². The van der Waals surface area contributed by atoms with Crippen LogP contribution in [0.3, 0.4) is 0 Å². The fourth-order valence-electron chi connectivity index (χ4n) is 2.27. The lowest BCUT2D eigenvalue weighted by Crippen LogP contribution is -2.41. The van der Waals surface area contributed by atoms with Crippen LogP contribution in [0.5, 0.6) is 0 Å². The predicted molar refractivity (Wildman–Crippen MR) is 94.1 cm³/mol. The third kappa shape index (κ3) is 4.62. The summed E-state index contributed by atoms with van der Waals surface area (Å²) in [5, 5.41) is 0. The molecule has 0 aliphatic heterocycles. The molecule has 0 bridgehead atoms. The maximum atomic E-state index is 12.8. The molecule has 0 N–H and O–H groups in total. The quantitative estimate of drug-likeness (QED) is 0.267. The van der Waals surface area contributed by atoms with Crippen LogP contribution in [-0.4, -0.2) is 29.0 Å². The lowest BCUT2D eigenvalue weighted by atomic mass is 10.1. The van der Waals surface area contributed by atoms with E-state index in [0.29, 0.717) is 5.69 Å². The molecule has 1 amide bonds. The minimum absolute atomic E-state index is 0.0777. The highest BCUT2D eigenvalue weighted by Crippen LogP contribution is 2.19. The highest BCUT2D eigenvalue weighted by atomic mass is 16.5. The van der Waals surface area contributed by atoms with E-state index in [1.165, 1.54) is 4.90 Å². The van der Waals surface area contributed by atoms with E-state index >= 15 is 0 Å². The second-order valence-electron chi connectivity index (χ2n) is 5.38. The van der Waals surface area contributed by atoms with Crippen molar-refractivity contribution < 1.29 is 19.1 Å². The molecular weight excluding hydrogens is 318 g/mol. The zero-order valence-electron chi connectivity index (χ0n) is 14.2. The lowest BCUT2D eigenvalue weighted by molar-refractivity contribution is -0.141. The molecule has 6 heteroatoms. The molecule has 0 spiro atoms. The van der Waals surface area contributed by atoms with Gasteiger partial charge in [-0.25, -0.2) is 4.79 Å². The van der Waals surface area contributed by atoms with Crippen LogP contribution in [-0.2, 0) is 20.9 Å². The van der Waals surface area contributed by atoms with Crippen molar-refractivity contribution >= 4 is 23.3 Å². The van der Waals surface area contributed by atoms with Crippen LogP contribution in [0.4, 0.5) is 5.69 Å². The van der Waals surface area contributed by atoms with E-state index in [9.17, 15) is 9.59 Å². The molecular formula is C19H19N3O3. The first-order valence-corrected chi connectivity index (χ1v) is 7.88. The van der Waals surface area contributed by atoms with Gasteiger partial charge in [0.15, 0.2) is 0 Å². The van der Waals surface area contributed by atoms with Crippen molar-refractivity contribution in [2.24, 2.45) is 0 Å². The van der Waals surface area contributed by atoms with Gasteiger partial charge in [-0.2, -0.15) is 4.79 Å². The average Bonchev–Trinajstić information content (AvgIpc) is 2.62. The molecule has 6 nitrogen and oxygen atoms in total. The van der Waals surface area contributed by atoms with E-state index in [1.807, 2.05) is 49.4 Å². The van der Waals surface area contributed by atoms with Gasteiger partial charge in [-0.05, 0) is 31.5 Å². The Morgan fingerprint density at radius 2 is 1.72 bits per heavy atom. The molecule has 0 heterocycles. The Morgan fingerprint density at radius 3 is 2.28 bits per heavy atom. The number of esters is 1. The van der Waals surface area contributed by atoms with Crippen molar-refractivity contribution in [3.05, 3.63) is 71.3 Å². The van der Waals surface area contributed by atoms with Crippen molar-refractivity contribution in [3.63, 3.8) is 0 Å². The number of nitrogens with zero attached hydrogens (tertiary/aromatic N) is 3. The molecule has 25 heavy (non-hydrogen) atoms. The van der Waals surface area contributed by atoms with E-state index in [-0.39, 0.29) is 13.2 Å². The van der Waals surface area contributed by atoms with Gasteiger partial charge in [0, 0.05) is 5.69 Å². The highest BCUT2D eigenvalue weighted by molar-refractivity contribution is 6.64. The van der Waals surface area contributed by atoms with E-state index in [2.05, 4.69) is 4.79 Å². The molecule has 2 rings (SSSR count). The summed E-state index contributed by atoms with van der Waals surface area (Å²) < 4.78 is 4.79. The van der Waals surface area contributed by atoms with Crippen molar-refractivity contribution in [2.45, 2.75) is 20.4 Å². The fourth-order valence-corrected chi connectivity index (χ4v) is 2.27. The highest BCUT2D eigenvalue weighted by Gasteiger charge is 2.36. The molecule has 0 aliphatic rings. The van der Waals surface area contributed by atoms with Crippen LogP contribution >= 0.6 is 0 Å². The standard InChI is InChI=1S/C19H19N3O3/c1-3-25-19(24)17(21-20)18(23)22(13-15-7-5-4-6-8-15)16-11-9-14(2)10-12-16/h4-12H,3,13H2,1-2H3. The van der Waals surface area contributed by atoms with Crippen molar-refractivity contribution in [2.75, 3.05) is 11.5 Å². The fraction of sp³-hybridized carbons (Fsp3) is 0.211. The van der Waals surface area contributed by atoms with Gasteiger partial charge in [0.2, 0.25) is 0 Å². The summed E-state index contributed by atoms with van der Waals surface area (Å²) in [5.74, 6) is -1.69. The van der Waals surface area contributed by atoms with Gasteiger partial charge in [-0.1, -0.05) is 48.0 Å². The summed E-state index contributed by atoms with van der Waals surface area (Å²) in [4.78, 5) is 29.0. The summed E-state index contributed by atoms with van der Waals surface area (Å²) in [6.07, 6.45) is 0. The molecule has 2 aromatic rings. The normalized spacial score (nSPS) is 9.84. The molecule has 0 saturated heterocycles.